The Morgan fingerprint density at radius 2 is 2.39 bits per heavy atom. The number of hydrogen-bond donors (Lipinski definition) is 2. The Kier molecular flexibility index (Phi) is 4.81. The van der Waals surface area contributed by atoms with E-state index in [1.54, 1.807) is 7.11 Å². The number of methoxy groups -OCH3 is 1. The van der Waals surface area contributed by atoms with Crippen LogP contribution >= 0.6 is 0 Å². The van der Waals surface area contributed by atoms with Crippen molar-refractivity contribution in [1.82, 2.24) is 10.2 Å². The maximum atomic E-state index is 12.5. The molecule has 2 N–H and O–H groups in total. The largest absolute Gasteiger partial charge is 0.497 e. The van der Waals surface area contributed by atoms with Gasteiger partial charge in [0.1, 0.15) is 5.75 Å². The topological polar surface area (TPSA) is 76.2 Å². The monoisotopic (exact) mass is 317 g/mol. The predicted octanol–water partition coefficient (Wildman–Crippen LogP) is 3.11. The highest BCUT2D eigenvalue weighted by Gasteiger charge is 2.28. The van der Waals surface area contributed by atoms with Gasteiger partial charge in [-0.25, -0.2) is 0 Å². The number of carbonyl (C=O) groups excluding carboxylic acids is 1. The zero-order chi connectivity index (χ0) is 16.2. The fourth-order valence-electron chi connectivity index (χ4n) is 3.08. The SMILES string of the molecule is CCCC1CC(C(=O)Nc2n[nH]c3cc(OC)ccc23)CCO1. The Morgan fingerprint density at radius 3 is 3.17 bits per heavy atom. The van der Waals surface area contributed by atoms with Gasteiger partial charge in [-0.05, 0) is 31.4 Å². The van der Waals surface area contributed by atoms with Gasteiger partial charge in [0.25, 0.3) is 0 Å². The van der Waals surface area contributed by atoms with Gasteiger partial charge in [-0.1, -0.05) is 13.3 Å². The average molecular weight is 317 g/mol. The van der Waals surface area contributed by atoms with Crippen LogP contribution in [0.15, 0.2) is 18.2 Å². The molecule has 2 heterocycles. The number of aromatic nitrogens is 2. The number of amides is 1. The Morgan fingerprint density at radius 1 is 1.52 bits per heavy atom. The average Bonchev–Trinajstić information content (AvgIpc) is 2.97. The van der Waals surface area contributed by atoms with Crippen LogP contribution in [0.25, 0.3) is 10.9 Å². The van der Waals surface area contributed by atoms with E-state index in [1.165, 1.54) is 0 Å². The highest BCUT2D eigenvalue weighted by Crippen LogP contribution is 2.27. The van der Waals surface area contributed by atoms with Gasteiger partial charge in [-0.15, -0.1) is 0 Å². The summed E-state index contributed by atoms with van der Waals surface area (Å²) in [6.45, 7) is 2.79. The first-order chi connectivity index (χ1) is 11.2. The number of benzene rings is 1. The molecule has 6 heteroatoms. The van der Waals surface area contributed by atoms with Crippen LogP contribution in [0.4, 0.5) is 5.82 Å². The molecule has 3 rings (SSSR count). The fraction of sp³-hybridized carbons (Fsp3) is 0.529. The van der Waals surface area contributed by atoms with Crippen molar-refractivity contribution in [3.05, 3.63) is 18.2 Å². The molecule has 0 spiro atoms. The van der Waals surface area contributed by atoms with E-state index < -0.39 is 0 Å². The van der Waals surface area contributed by atoms with Gasteiger partial charge in [0.05, 0.1) is 18.7 Å². The van der Waals surface area contributed by atoms with Crippen LogP contribution in [0.3, 0.4) is 0 Å². The minimum atomic E-state index is -0.00898. The number of hydrogen-bond acceptors (Lipinski definition) is 4. The number of H-pyrrole nitrogens is 1. The molecule has 1 aliphatic heterocycles. The molecule has 2 aromatic rings. The lowest BCUT2D eigenvalue weighted by Crippen LogP contribution is -2.33. The zero-order valence-electron chi connectivity index (χ0n) is 13.6. The summed E-state index contributed by atoms with van der Waals surface area (Å²) in [6, 6.07) is 5.63. The molecule has 0 radical (unpaired) electrons. The van der Waals surface area contributed by atoms with Crippen LogP contribution in [0.1, 0.15) is 32.6 Å². The maximum absolute atomic E-state index is 12.5. The van der Waals surface area contributed by atoms with Crippen molar-refractivity contribution in [2.75, 3.05) is 19.0 Å². The van der Waals surface area contributed by atoms with Crippen LogP contribution in [-0.4, -0.2) is 35.9 Å². The van der Waals surface area contributed by atoms with Crippen molar-refractivity contribution in [2.24, 2.45) is 5.92 Å². The second-order valence-corrected chi connectivity index (χ2v) is 5.98. The first-order valence-electron chi connectivity index (χ1n) is 8.15. The molecule has 0 bridgehead atoms. The van der Waals surface area contributed by atoms with Crippen LogP contribution < -0.4 is 10.1 Å². The Labute approximate surface area is 135 Å². The van der Waals surface area contributed by atoms with Crippen molar-refractivity contribution in [3.63, 3.8) is 0 Å². The lowest BCUT2D eigenvalue weighted by atomic mass is 9.93. The Hall–Kier alpha value is -2.08. The normalized spacial score (nSPS) is 21.3. The second-order valence-electron chi connectivity index (χ2n) is 5.98. The molecule has 23 heavy (non-hydrogen) atoms. The van der Waals surface area contributed by atoms with E-state index in [1.807, 2.05) is 18.2 Å². The number of ether oxygens (including phenoxy) is 2. The predicted molar refractivity (Wildman–Crippen MR) is 88.6 cm³/mol. The van der Waals surface area contributed by atoms with E-state index in [2.05, 4.69) is 22.4 Å². The molecule has 1 aliphatic rings. The third-order valence-electron chi connectivity index (χ3n) is 4.36. The van der Waals surface area contributed by atoms with E-state index in [0.29, 0.717) is 12.4 Å². The molecule has 1 saturated heterocycles. The van der Waals surface area contributed by atoms with Crippen molar-refractivity contribution in [3.8, 4) is 5.75 Å². The van der Waals surface area contributed by atoms with E-state index in [4.69, 9.17) is 9.47 Å². The molecule has 1 amide bonds. The zero-order valence-corrected chi connectivity index (χ0v) is 13.6. The number of carbonyl (C=O) groups is 1. The summed E-state index contributed by atoms with van der Waals surface area (Å²) in [6.07, 6.45) is 3.84. The van der Waals surface area contributed by atoms with Crippen molar-refractivity contribution in [1.29, 1.82) is 0 Å². The summed E-state index contributed by atoms with van der Waals surface area (Å²) < 4.78 is 10.9. The third kappa shape index (κ3) is 3.47. The van der Waals surface area contributed by atoms with Gasteiger partial charge < -0.3 is 14.8 Å². The smallest absolute Gasteiger partial charge is 0.228 e. The minimum Gasteiger partial charge on any atom is -0.497 e. The van der Waals surface area contributed by atoms with Crippen molar-refractivity contribution < 1.29 is 14.3 Å². The first-order valence-corrected chi connectivity index (χ1v) is 8.15. The number of fused-ring (bicyclic) bond motifs is 1. The van der Waals surface area contributed by atoms with Crippen LogP contribution in [0, 0.1) is 5.92 Å². The van der Waals surface area contributed by atoms with E-state index >= 15 is 0 Å². The highest BCUT2D eigenvalue weighted by molar-refractivity contribution is 6.00. The van der Waals surface area contributed by atoms with Crippen LogP contribution in [0.5, 0.6) is 5.75 Å². The summed E-state index contributed by atoms with van der Waals surface area (Å²) in [5, 5.41) is 11.0. The molecular formula is C17H23N3O3. The maximum Gasteiger partial charge on any atom is 0.228 e. The quantitative estimate of drug-likeness (QED) is 0.888. The van der Waals surface area contributed by atoms with Gasteiger partial charge in [0.15, 0.2) is 5.82 Å². The van der Waals surface area contributed by atoms with Gasteiger partial charge in [-0.3, -0.25) is 9.89 Å². The molecule has 0 aliphatic carbocycles. The van der Waals surface area contributed by atoms with E-state index in [-0.39, 0.29) is 17.9 Å². The van der Waals surface area contributed by atoms with Gasteiger partial charge >= 0.3 is 0 Å². The number of nitrogens with zero attached hydrogens (tertiary/aromatic N) is 1. The van der Waals surface area contributed by atoms with Gasteiger partial charge in [-0.2, -0.15) is 5.10 Å². The lowest BCUT2D eigenvalue weighted by molar-refractivity contribution is -0.125. The third-order valence-corrected chi connectivity index (χ3v) is 4.36. The van der Waals surface area contributed by atoms with E-state index in [0.717, 1.165) is 42.3 Å². The molecule has 1 aromatic heterocycles. The molecule has 0 saturated carbocycles. The molecule has 1 aromatic carbocycles. The highest BCUT2D eigenvalue weighted by atomic mass is 16.5. The summed E-state index contributed by atoms with van der Waals surface area (Å²) in [5.41, 5.74) is 0.843. The number of rotatable bonds is 5. The standard InChI is InChI=1S/C17H23N3O3/c1-3-4-13-9-11(7-8-23-13)17(21)18-16-14-6-5-12(22-2)10-15(14)19-20-16/h5-6,10-11,13H,3-4,7-9H2,1-2H3,(H2,18,19,20,21). The van der Waals surface area contributed by atoms with Crippen molar-refractivity contribution in [2.45, 2.75) is 38.7 Å². The van der Waals surface area contributed by atoms with Gasteiger partial charge in [0, 0.05) is 24.0 Å². The second kappa shape index (κ2) is 7.00. The first kappa shape index (κ1) is 15.8. The minimum absolute atomic E-state index is 0.00898. The lowest BCUT2D eigenvalue weighted by Gasteiger charge is -2.28. The summed E-state index contributed by atoms with van der Waals surface area (Å²) >= 11 is 0. The number of nitrogens with one attached hydrogen (secondary N) is 2. The Balaban J connectivity index is 1.70. The Bertz CT molecular complexity index is 681. The molecule has 1 fully saturated rings. The number of anilines is 1. The fourth-order valence-corrected chi connectivity index (χ4v) is 3.08. The number of aromatic amines is 1. The van der Waals surface area contributed by atoms with Crippen LogP contribution in [-0.2, 0) is 9.53 Å². The molecule has 124 valence electrons. The molecular weight excluding hydrogens is 294 g/mol. The van der Waals surface area contributed by atoms with Crippen LogP contribution in [0.2, 0.25) is 0 Å². The van der Waals surface area contributed by atoms with Gasteiger partial charge in [0.2, 0.25) is 5.91 Å². The summed E-state index contributed by atoms with van der Waals surface area (Å²) in [4.78, 5) is 12.5. The molecule has 2 unspecified atom stereocenters. The summed E-state index contributed by atoms with van der Waals surface area (Å²) in [7, 11) is 1.62. The molecule has 6 nitrogen and oxygen atoms in total. The molecule has 2 atom stereocenters. The van der Waals surface area contributed by atoms with Crippen molar-refractivity contribution >= 4 is 22.6 Å². The summed E-state index contributed by atoms with van der Waals surface area (Å²) in [5.74, 6) is 1.35. The van der Waals surface area contributed by atoms with E-state index in [9.17, 15) is 4.79 Å².